The van der Waals surface area contributed by atoms with Crippen molar-refractivity contribution in [2.24, 2.45) is 5.92 Å². The number of rotatable bonds is 10. The fourth-order valence-corrected chi connectivity index (χ4v) is 4.07. The lowest BCUT2D eigenvalue weighted by Crippen LogP contribution is -2.45. The largest absolute Gasteiger partial charge is 0.489 e. The summed E-state index contributed by atoms with van der Waals surface area (Å²) in [6.45, 7) is -3.73. The molecule has 4 rings (SSSR count). The van der Waals surface area contributed by atoms with Crippen LogP contribution in [0.5, 0.6) is 11.5 Å². The van der Waals surface area contributed by atoms with Gasteiger partial charge < -0.3 is 24.8 Å². The van der Waals surface area contributed by atoms with Gasteiger partial charge in [0.25, 0.3) is 0 Å². The number of alkyl halides is 2. The lowest BCUT2D eigenvalue weighted by Gasteiger charge is -2.22. The molecule has 0 radical (unpaired) electrons. The second-order valence-corrected chi connectivity index (χ2v) is 8.74. The molecule has 2 amide bonds. The summed E-state index contributed by atoms with van der Waals surface area (Å²) in [6, 6.07) is 7.80. The molecule has 1 saturated carbocycles. The van der Waals surface area contributed by atoms with Gasteiger partial charge in [-0.3, -0.25) is 9.59 Å². The monoisotopic (exact) mass is 505 g/mol. The highest BCUT2D eigenvalue weighted by Crippen LogP contribution is 2.39. The minimum Gasteiger partial charge on any atom is -0.489 e. The smallest absolute Gasteiger partial charge is 0.387 e. The van der Waals surface area contributed by atoms with Crippen molar-refractivity contribution < 1.29 is 40.5 Å². The third kappa shape index (κ3) is 6.27. The number of nitrogens with one attached hydrogen (secondary N) is 1. The Morgan fingerprint density at radius 1 is 1.25 bits per heavy atom. The van der Waals surface area contributed by atoms with Gasteiger partial charge in [-0.1, -0.05) is 12.1 Å². The molecule has 1 aliphatic carbocycles. The Bertz CT molecular complexity index is 1230. The van der Waals surface area contributed by atoms with Crippen molar-refractivity contribution in [2.45, 2.75) is 51.3 Å². The number of hydrogen-bond donors (Lipinski definition) is 2. The molecule has 1 saturated heterocycles. The van der Waals surface area contributed by atoms with Gasteiger partial charge in [0.05, 0.1) is 21.5 Å². The molecule has 9 nitrogen and oxygen atoms in total. The molecule has 0 spiro atoms. The van der Waals surface area contributed by atoms with Crippen LogP contribution in [0.2, 0.25) is 0 Å². The van der Waals surface area contributed by atoms with E-state index in [9.17, 15) is 23.2 Å². The maximum absolute atomic E-state index is 13.0. The number of hydrogen-bond acceptors (Lipinski definition) is 6. The molecule has 0 bridgehead atoms. The molecule has 1 aliphatic heterocycles. The number of carboxylic acids is 1. The molecule has 2 heterocycles. The van der Waals surface area contributed by atoms with E-state index in [1.165, 1.54) is 42.2 Å². The number of aromatic nitrogens is 1. The molecule has 1 aromatic heterocycles. The summed E-state index contributed by atoms with van der Waals surface area (Å²) in [6.07, 6.45) is 1.47. The van der Waals surface area contributed by atoms with Crippen LogP contribution >= 0.6 is 0 Å². The summed E-state index contributed by atoms with van der Waals surface area (Å²) in [7, 11) is 0. The summed E-state index contributed by atoms with van der Waals surface area (Å²) < 4.78 is 52.2. The first-order chi connectivity index (χ1) is 17.9. The Labute approximate surface area is 209 Å². The number of benzene rings is 1. The third-order valence-corrected chi connectivity index (χ3v) is 6.05. The second kappa shape index (κ2) is 10.9. The van der Waals surface area contributed by atoms with Gasteiger partial charge in [-0.25, -0.2) is 9.78 Å². The highest BCUT2D eigenvalue weighted by Gasteiger charge is 2.39. The Balaban J connectivity index is 1.51. The molecule has 36 heavy (non-hydrogen) atoms. The van der Waals surface area contributed by atoms with Crippen LogP contribution in [-0.2, 0) is 16.1 Å². The van der Waals surface area contributed by atoms with Crippen molar-refractivity contribution in [3.05, 3.63) is 53.3 Å². The molecule has 2 atom stereocenters. The van der Waals surface area contributed by atoms with E-state index < -0.39 is 31.1 Å². The third-order valence-electron chi connectivity index (χ3n) is 6.05. The molecule has 11 heteroatoms. The van der Waals surface area contributed by atoms with Crippen LogP contribution < -0.4 is 14.8 Å². The quantitative estimate of drug-likeness (QED) is 0.509. The lowest BCUT2D eigenvalue weighted by atomic mass is 9.95. The van der Waals surface area contributed by atoms with E-state index >= 15 is 0 Å². The number of carbonyl (C=O) groups excluding carboxylic acids is 2. The standard InChI is InChI=1S/C25H27F2N3O6/c1-14(31)30-12-17(9-20(30)23(32)28-11-18-3-2-4-19(29-18)24(33)34)16-7-8-21(36-25(26)27)22(10-16)35-13-15-5-6-15/h2-4,7-8,10,15,17,20,25H,5-6,9,11-13H2,1H3,(H,28,32)(H,33,34)/t17?,20-/m1/s1/i13D2. The highest BCUT2D eigenvalue weighted by molar-refractivity contribution is 5.88. The van der Waals surface area contributed by atoms with Gasteiger partial charge in [0.1, 0.15) is 11.7 Å². The van der Waals surface area contributed by atoms with E-state index in [1.807, 2.05) is 0 Å². The maximum Gasteiger partial charge on any atom is 0.387 e. The zero-order chi connectivity index (χ0) is 27.6. The van der Waals surface area contributed by atoms with E-state index in [-0.39, 0.29) is 54.4 Å². The van der Waals surface area contributed by atoms with Gasteiger partial charge in [-0.05, 0) is 55.0 Å². The zero-order valence-corrected chi connectivity index (χ0v) is 19.4. The number of ether oxygens (including phenoxy) is 2. The number of likely N-dealkylation sites (tertiary alicyclic amines) is 1. The average Bonchev–Trinajstić information content (AvgIpc) is 3.63. The van der Waals surface area contributed by atoms with E-state index in [0.29, 0.717) is 24.1 Å². The molecule has 2 aromatic rings. The number of nitrogens with zero attached hydrogens (tertiary/aromatic N) is 2. The molecule has 2 N–H and O–H groups in total. The molecule has 2 aliphatic rings. The zero-order valence-electron chi connectivity index (χ0n) is 21.4. The Morgan fingerprint density at radius 3 is 2.69 bits per heavy atom. The van der Waals surface area contributed by atoms with Crippen LogP contribution in [0.1, 0.15) is 56.6 Å². The number of pyridine rings is 1. The normalized spacial score (nSPS) is 20.5. The first-order valence-corrected chi connectivity index (χ1v) is 11.5. The van der Waals surface area contributed by atoms with Gasteiger partial charge in [-0.2, -0.15) is 8.78 Å². The highest BCUT2D eigenvalue weighted by atomic mass is 19.3. The summed E-state index contributed by atoms with van der Waals surface area (Å²) in [5.41, 5.74) is 0.750. The Morgan fingerprint density at radius 2 is 2.03 bits per heavy atom. The molecular weight excluding hydrogens is 476 g/mol. The number of halogens is 2. The molecule has 2 fully saturated rings. The van der Waals surface area contributed by atoms with Gasteiger partial charge in [0, 0.05) is 19.4 Å². The Hall–Kier alpha value is -3.76. The van der Waals surface area contributed by atoms with Gasteiger partial charge in [0.2, 0.25) is 11.8 Å². The maximum atomic E-state index is 13.0. The van der Waals surface area contributed by atoms with Crippen LogP contribution in [0, 0.1) is 5.92 Å². The fraction of sp³-hybridized carbons (Fsp3) is 0.440. The van der Waals surface area contributed by atoms with Crippen LogP contribution in [0.25, 0.3) is 0 Å². The van der Waals surface area contributed by atoms with Gasteiger partial charge in [-0.15, -0.1) is 0 Å². The topological polar surface area (TPSA) is 118 Å². The van der Waals surface area contributed by atoms with E-state index in [1.54, 1.807) is 6.07 Å². The van der Waals surface area contributed by atoms with Gasteiger partial charge >= 0.3 is 12.6 Å². The molecule has 1 unspecified atom stereocenters. The van der Waals surface area contributed by atoms with Crippen molar-refractivity contribution in [1.29, 1.82) is 0 Å². The van der Waals surface area contributed by atoms with Gasteiger partial charge in [0.15, 0.2) is 11.5 Å². The van der Waals surface area contributed by atoms with Crippen molar-refractivity contribution in [3.63, 3.8) is 0 Å². The van der Waals surface area contributed by atoms with Crippen LogP contribution in [-0.4, -0.2) is 58.5 Å². The van der Waals surface area contributed by atoms with Crippen molar-refractivity contribution >= 4 is 17.8 Å². The number of carboxylic acid groups (broad SMARTS) is 1. The second-order valence-electron chi connectivity index (χ2n) is 8.74. The molecule has 1 aromatic carbocycles. The SMILES string of the molecule is [2H]C([2H])(Oc1cc(C2C[C@H](C(=O)NCc3cccc(C(=O)O)n3)N(C(C)=O)C2)ccc1OC(F)F)C1CC1. The first kappa shape index (κ1) is 22.7. The minimum absolute atomic E-state index is 0.0409. The minimum atomic E-state index is -3.13. The van der Waals surface area contributed by atoms with Crippen molar-refractivity contribution in [1.82, 2.24) is 15.2 Å². The number of carbonyl (C=O) groups is 3. The van der Waals surface area contributed by atoms with Crippen LogP contribution in [0.4, 0.5) is 8.78 Å². The fourth-order valence-electron chi connectivity index (χ4n) is 4.07. The summed E-state index contributed by atoms with van der Waals surface area (Å²) in [5, 5.41) is 11.8. The van der Waals surface area contributed by atoms with E-state index in [4.69, 9.17) is 12.6 Å². The molecular formula is C25H27F2N3O6. The number of aromatic carboxylic acids is 1. The van der Waals surface area contributed by atoms with Crippen molar-refractivity contribution in [3.8, 4) is 11.5 Å². The summed E-state index contributed by atoms with van der Waals surface area (Å²) >= 11 is 0. The number of amides is 2. The van der Waals surface area contributed by atoms with E-state index in [0.717, 1.165) is 0 Å². The first-order valence-electron chi connectivity index (χ1n) is 12.5. The predicted molar refractivity (Wildman–Crippen MR) is 123 cm³/mol. The molecule has 192 valence electrons. The van der Waals surface area contributed by atoms with Crippen molar-refractivity contribution in [2.75, 3.05) is 13.1 Å². The lowest BCUT2D eigenvalue weighted by molar-refractivity contribution is -0.136. The van der Waals surface area contributed by atoms with Crippen LogP contribution in [0.3, 0.4) is 0 Å². The summed E-state index contributed by atoms with van der Waals surface area (Å²) in [5.74, 6) is -3.17. The average molecular weight is 506 g/mol. The van der Waals surface area contributed by atoms with Crippen LogP contribution in [0.15, 0.2) is 36.4 Å². The Kier molecular flexibility index (Phi) is 6.86. The summed E-state index contributed by atoms with van der Waals surface area (Å²) in [4.78, 5) is 41.8. The predicted octanol–water partition coefficient (Wildman–Crippen LogP) is 3.19. The van der Waals surface area contributed by atoms with E-state index in [2.05, 4.69) is 15.0 Å².